The molecular formula is C13H14N2O2. The Kier molecular flexibility index (Phi) is 2.95. The molecule has 0 aliphatic carbocycles. The fourth-order valence-corrected chi connectivity index (χ4v) is 1.65. The summed E-state index contributed by atoms with van der Waals surface area (Å²) in [5, 5.41) is 0.929. The van der Waals surface area contributed by atoms with Gasteiger partial charge in [0.2, 0.25) is 5.88 Å². The molecule has 0 saturated heterocycles. The molecule has 0 aliphatic heterocycles. The highest BCUT2D eigenvalue weighted by Crippen LogP contribution is 2.22. The summed E-state index contributed by atoms with van der Waals surface area (Å²) in [6.45, 7) is 0. The van der Waals surface area contributed by atoms with Crippen LogP contribution in [-0.2, 0) is 0 Å². The van der Waals surface area contributed by atoms with Crippen molar-refractivity contribution in [3.8, 4) is 5.88 Å². The second-order valence-corrected chi connectivity index (χ2v) is 3.94. The van der Waals surface area contributed by atoms with Gasteiger partial charge >= 0.3 is 0 Å². The molecule has 1 aromatic carbocycles. The van der Waals surface area contributed by atoms with Gasteiger partial charge in [0.25, 0.3) is 5.91 Å². The monoisotopic (exact) mass is 230 g/mol. The standard InChI is InChI=1S/C13H14N2O2/c1-15(2)13(16)10-8-9-6-4-5-7-11(9)14-12(10)17-3/h4-8H,1-3H3. The van der Waals surface area contributed by atoms with Crippen LogP contribution in [-0.4, -0.2) is 37.0 Å². The van der Waals surface area contributed by atoms with Crippen LogP contribution >= 0.6 is 0 Å². The van der Waals surface area contributed by atoms with Crippen molar-refractivity contribution in [2.45, 2.75) is 0 Å². The molecule has 0 saturated carbocycles. The van der Waals surface area contributed by atoms with Gasteiger partial charge in [0.1, 0.15) is 5.56 Å². The first-order chi connectivity index (χ1) is 8.13. The van der Waals surface area contributed by atoms with Crippen molar-refractivity contribution in [3.05, 3.63) is 35.9 Å². The van der Waals surface area contributed by atoms with E-state index in [0.717, 1.165) is 10.9 Å². The normalized spacial score (nSPS) is 10.3. The molecule has 4 nitrogen and oxygen atoms in total. The van der Waals surface area contributed by atoms with Crippen LogP contribution in [0.1, 0.15) is 10.4 Å². The van der Waals surface area contributed by atoms with E-state index in [2.05, 4.69) is 4.98 Å². The minimum Gasteiger partial charge on any atom is -0.480 e. The summed E-state index contributed by atoms with van der Waals surface area (Å²) in [6.07, 6.45) is 0. The maximum absolute atomic E-state index is 12.0. The minimum absolute atomic E-state index is 0.111. The van der Waals surface area contributed by atoms with E-state index in [1.165, 1.54) is 12.0 Å². The number of carbonyl (C=O) groups excluding carboxylic acids is 1. The van der Waals surface area contributed by atoms with Crippen molar-refractivity contribution >= 4 is 16.8 Å². The zero-order chi connectivity index (χ0) is 12.4. The van der Waals surface area contributed by atoms with Crippen LogP contribution in [0.5, 0.6) is 5.88 Å². The summed E-state index contributed by atoms with van der Waals surface area (Å²) in [4.78, 5) is 17.8. The summed E-state index contributed by atoms with van der Waals surface area (Å²) in [6, 6.07) is 9.45. The number of benzene rings is 1. The highest BCUT2D eigenvalue weighted by Gasteiger charge is 2.16. The molecule has 0 N–H and O–H groups in total. The van der Waals surface area contributed by atoms with Gasteiger partial charge in [0.05, 0.1) is 12.6 Å². The second kappa shape index (κ2) is 4.41. The number of methoxy groups -OCH3 is 1. The van der Waals surface area contributed by atoms with Gasteiger partial charge in [-0.3, -0.25) is 4.79 Å². The third-order valence-electron chi connectivity index (χ3n) is 2.52. The molecule has 2 rings (SSSR count). The largest absolute Gasteiger partial charge is 0.480 e. The number of pyridine rings is 1. The number of aromatic nitrogens is 1. The van der Waals surface area contributed by atoms with Gasteiger partial charge in [-0.15, -0.1) is 0 Å². The quantitative estimate of drug-likeness (QED) is 0.791. The van der Waals surface area contributed by atoms with Gasteiger partial charge in [-0.25, -0.2) is 4.98 Å². The Labute approximate surface area is 99.8 Å². The van der Waals surface area contributed by atoms with Crippen molar-refractivity contribution in [1.29, 1.82) is 0 Å². The highest BCUT2D eigenvalue weighted by atomic mass is 16.5. The molecule has 4 heteroatoms. The third-order valence-corrected chi connectivity index (χ3v) is 2.52. The van der Waals surface area contributed by atoms with Gasteiger partial charge in [0.15, 0.2) is 0 Å². The van der Waals surface area contributed by atoms with Crippen LogP contribution in [0.3, 0.4) is 0 Å². The fourth-order valence-electron chi connectivity index (χ4n) is 1.65. The van der Waals surface area contributed by atoms with Crippen LogP contribution in [0.4, 0.5) is 0 Å². The van der Waals surface area contributed by atoms with Crippen LogP contribution < -0.4 is 4.74 Å². The van der Waals surface area contributed by atoms with Crippen molar-refractivity contribution in [2.75, 3.05) is 21.2 Å². The number of fused-ring (bicyclic) bond motifs is 1. The van der Waals surface area contributed by atoms with E-state index >= 15 is 0 Å². The van der Waals surface area contributed by atoms with Crippen LogP contribution in [0.25, 0.3) is 10.9 Å². The number of para-hydroxylation sites is 1. The Morgan fingerprint density at radius 3 is 2.65 bits per heavy atom. The molecule has 2 aromatic rings. The molecule has 0 fully saturated rings. The molecule has 0 unspecified atom stereocenters. The lowest BCUT2D eigenvalue weighted by molar-refractivity contribution is 0.0823. The number of ether oxygens (including phenoxy) is 1. The summed E-state index contributed by atoms with van der Waals surface area (Å²) in [5.74, 6) is 0.252. The van der Waals surface area contributed by atoms with Gasteiger partial charge in [-0.2, -0.15) is 0 Å². The van der Waals surface area contributed by atoms with E-state index in [1.54, 1.807) is 14.1 Å². The zero-order valence-corrected chi connectivity index (χ0v) is 10.1. The summed E-state index contributed by atoms with van der Waals surface area (Å²) in [7, 11) is 4.93. The van der Waals surface area contributed by atoms with E-state index in [9.17, 15) is 4.79 Å². The number of carbonyl (C=O) groups is 1. The lowest BCUT2D eigenvalue weighted by Crippen LogP contribution is -2.22. The average molecular weight is 230 g/mol. The van der Waals surface area contributed by atoms with E-state index in [1.807, 2.05) is 30.3 Å². The maximum Gasteiger partial charge on any atom is 0.258 e. The summed E-state index contributed by atoms with van der Waals surface area (Å²) >= 11 is 0. The van der Waals surface area contributed by atoms with Gasteiger partial charge in [-0.1, -0.05) is 18.2 Å². The highest BCUT2D eigenvalue weighted by molar-refractivity contribution is 5.99. The molecule has 1 heterocycles. The molecule has 0 atom stereocenters. The Balaban J connectivity index is 2.65. The molecule has 0 aliphatic rings. The van der Waals surface area contributed by atoms with Gasteiger partial charge in [0, 0.05) is 19.5 Å². The lowest BCUT2D eigenvalue weighted by atomic mass is 10.1. The minimum atomic E-state index is -0.111. The van der Waals surface area contributed by atoms with Gasteiger partial charge in [-0.05, 0) is 12.1 Å². The predicted molar refractivity (Wildman–Crippen MR) is 66.3 cm³/mol. The van der Waals surface area contributed by atoms with E-state index in [-0.39, 0.29) is 5.91 Å². The Hall–Kier alpha value is -2.10. The van der Waals surface area contributed by atoms with E-state index in [0.29, 0.717) is 11.4 Å². The fraction of sp³-hybridized carbons (Fsp3) is 0.231. The Morgan fingerprint density at radius 2 is 2.00 bits per heavy atom. The summed E-state index contributed by atoms with van der Waals surface area (Å²) < 4.78 is 5.17. The Bertz CT molecular complexity index is 564. The van der Waals surface area contributed by atoms with Crippen LogP contribution in [0, 0.1) is 0 Å². The molecular weight excluding hydrogens is 216 g/mol. The molecule has 88 valence electrons. The maximum atomic E-state index is 12.0. The van der Waals surface area contributed by atoms with Crippen molar-refractivity contribution in [3.63, 3.8) is 0 Å². The van der Waals surface area contributed by atoms with Crippen molar-refractivity contribution in [2.24, 2.45) is 0 Å². The number of hydrogen-bond acceptors (Lipinski definition) is 3. The first-order valence-electron chi connectivity index (χ1n) is 5.29. The Morgan fingerprint density at radius 1 is 1.29 bits per heavy atom. The summed E-state index contributed by atoms with van der Waals surface area (Å²) in [5.41, 5.74) is 1.30. The third kappa shape index (κ3) is 2.06. The van der Waals surface area contributed by atoms with Gasteiger partial charge < -0.3 is 9.64 Å². The molecule has 0 radical (unpaired) electrons. The second-order valence-electron chi connectivity index (χ2n) is 3.94. The van der Waals surface area contributed by atoms with Crippen molar-refractivity contribution in [1.82, 2.24) is 9.88 Å². The number of hydrogen-bond donors (Lipinski definition) is 0. The number of nitrogens with zero attached hydrogens (tertiary/aromatic N) is 2. The average Bonchev–Trinajstić information content (AvgIpc) is 2.36. The number of amides is 1. The smallest absolute Gasteiger partial charge is 0.258 e. The SMILES string of the molecule is COc1nc2ccccc2cc1C(=O)N(C)C. The molecule has 17 heavy (non-hydrogen) atoms. The predicted octanol–water partition coefficient (Wildman–Crippen LogP) is 1.95. The zero-order valence-electron chi connectivity index (χ0n) is 10.1. The molecule has 1 amide bonds. The van der Waals surface area contributed by atoms with E-state index < -0.39 is 0 Å². The van der Waals surface area contributed by atoms with Crippen LogP contribution in [0.15, 0.2) is 30.3 Å². The molecule has 0 spiro atoms. The van der Waals surface area contributed by atoms with E-state index in [4.69, 9.17) is 4.74 Å². The molecule has 1 aromatic heterocycles. The first-order valence-corrected chi connectivity index (χ1v) is 5.29. The van der Waals surface area contributed by atoms with Crippen molar-refractivity contribution < 1.29 is 9.53 Å². The molecule has 0 bridgehead atoms. The number of rotatable bonds is 2. The first kappa shape index (κ1) is 11.4. The van der Waals surface area contributed by atoms with Crippen LogP contribution in [0.2, 0.25) is 0 Å². The lowest BCUT2D eigenvalue weighted by Gasteiger charge is -2.13. The topological polar surface area (TPSA) is 42.4 Å².